The van der Waals surface area contributed by atoms with E-state index in [1.54, 1.807) is 6.07 Å². The smallest absolute Gasteiger partial charge is 0.335 e. The molecule has 1 aliphatic carbocycles. The van der Waals surface area contributed by atoms with Crippen LogP contribution < -0.4 is 0 Å². The van der Waals surface area contributed by atoms with Crippen LogP contribution in [-0.4, -0.2) is 28.6 Å². The molecule has 2 unspecified atom stereocenters. The van der Waals surface area contributed by atoms with Crippen molar-refractivity contribution in [2.24, 2.45) is 5.92 Å². The van der Waals surface area contributed by atoms with Gasteiger partial charge in [0.2, 0.25) is 0 Å². The van der Waals surface area contributed by atoms with Crippen LogP contribution >= 0.6 is 0 Å². The van der Waals surface area contributed by atoms with Crippen LogP contribution in [0.25, 0.3) is 0 Å². The van der Waals surface area contributed by atoms with Gasteiger partial charge in [-0.05, 0) is 48.4 Å². The summed E-state index contributed by atoms with van der Waals surface area (Å²) in [5.41, 5.74) is 2.98. The third-order valence-electron chi connectivity index (χ3n) is 5.36. The molecule has 3 rings (SSSR count). The zero-order valence-electron chi connectivity index (χ0n) is 12.8. The van der Waals surface area contributed by atoms with Crippen molar-refractivity contribution < 1.29 is 9.90 Å². The Labute approximate surface area is 127 Å². The minimum Gasteiger partial charge on any atom is -0.478 e. The van der Waals surface area contributed by atoms with Gasteiger partial charge in [-0.3, -0.25) is 4.90 Å². The third kappa shape index (κ3) is 2.98. The predicted molar refractivity (Wildman–Crippen MR) is 83.6 cm³/mol. The second-order valence-corrected chi connectivity index (χ2v) is 6.53. The van der Waals surface area contributed by atoms with Crippen molar-refractivity contribution in [2.45, 2.75) is 58.0 Å². The molecular formula is C18H25NO2. The summed E-state index contributed by atoms with van der Waals surface area (Å²) in [6.07, 6.45) is 7.72. The molecule has 0 bridgehead atoms. The van der Waals surface area contributed by atoms with E-state index in [0.717, 1.165) is 25.4 Å². The lowest BCUT2D eigenvalue weighted by Crippen LogP contribution is -2.44. The maximum absolute atomic E-state index is 11.2. The second kappa shape index (κ2) is 6.18. The Morgan fingerprint density at radius 3 is 2.86 bits per heavy atom. The van der Waals surface area contributed by atoms with Crippen molar-refractivity contribution in [2.75, 3.05) is 6.54 Å². The van der Waals surface area contributed by atoms with Gasteiger partial charge < -0.3 is 5.11 Å². The number of aromatic carboxylic acids is 1. The van der Waals surface area contributed by atoms with Crippen molar-refractivity contribution in [3.8, 4) is 0 Å². The number of hydrogen-bond acceptors (Lipinski definition) is 2. The molecule has 1 heterocycles. The maximum atomic E-state index is 11.2. The lowest BCUT2D eigenvalue weighted by atomic mass is 9.81. The first-order chi connectivity index (χ1) is 10.2. The van der Waals surface area contributed by atoms with Crippen LogP contribution in [0.15, 0.2) is 18.2 Å². The van der Waals surface area contributed by atoms with Crippen molar-refractivity contribution in [1.29, 1.82) is 0 Å². The summed E-state index contributed by atoms with van der Waals surface area (Å²) in [5, 5.41) is 9.17. The van der Waals surface area contributed by atoms with E-state index in [1.807, 2.05) is 12.1 Å². The Kier molecular flexibility index (Phi) is 4.29. The highest BCUT2D eigenvalue weighted by atomic mass is 16.4. The summed E-state index contributed by atoms with van der Waals surface area (Å²) >= 11 is 0. The Balaban J connectivity index is 1.79. The van der Waals surface area contributed by atoms with E-state index in [-0.39, 0.29) is 0 Å². The van der Waals surface area contributed by atoms with Crippen LogP contribution in [0.4, 0.5) is 0 Å². The summed E-state index contributed by atoms with van der Waals surface area (Å²) in [5.74, 6) is 0.00183. The maximum Gasteiger partial charge on any atom is 0.335 e. The van der Waals surface area contributed by atoms with Gasteiger partial charge in [-0.25, -0.2) is 4.79 Å². The Hall–Kier alpha value is -1.35. The summed E-state index contributed by atoms with van der Waals surface area (Å²) in [7, 11) is 0. The van der Waals surface area contributed by atoms with E-state index in [0.29, 0.717) is 11.6 Å². The number of nitrogens with zero attached hydrogens (tertiary/aromatic N) is 1. The van der Waals surface area contributed by atoms with E-state index in [4.69, 9.17) is 5.11 Å². The van der Waals surface area contributed by atoms with E-state index in [9.17, 15) is 4.79 Å². The molecule has 3 heteroatoms. The van der Waals surface area contributed by atoms with Gasteiger partial charge in [0.1, 0.15) is 0 Å². The lowest BCUT2D eigenvalue weighted by molar-refractivity contribution is 0.0695. The highest BCUT2D eigenvalue weighted by molar-refractivity contribution is 5.87. The van der Waals surface area contributed by atoms with Crippen LogP contribution in [0, 0.1) is 5.92 Å². The number of fused-ring (bicyclic) bond motifs is 1. The zero-order chi connectivity index (χ0) is 14.8. The zero-order valence-corrected chi connectivity index (χ0v) is 12.8. The van der Waals surface area contributed by atoms with Gasteiger partial charge in [0.05, 0.1) is 5.56 Å². The molecule has 21 heavy (non-hydrogen) atoms. The summed E-state index contributed by atoms with van der Waals surface area (Å²) in [6.45, 7) is 4.36. The van der Waals surface area contributed by atoms with Crippen LogP contribution in [-0.2, 0) is 13.0 Å². The van der Waals surface area contributed by atoms with Gasteiger partial charge in [-0.2, -0.15) is 0 Å². The summed E-state index contributed by atoms with van der Waals surface area (Å²) in [6, 6.07) is 6.33. The molecule has 1 fully saturated rings. The Morgan fingerprint density at radius 1 is 1.29 bits per heavy atom. The SMILES string of the molecule is CCC1CCCCC1N1CCc2ccc(C(=O)O)cc2C1. The molecule has 1 aromatic carbocycles. The molecule has 0 radical (unpaired) electrons. The van der Waals surface area contributed by atoms with E-state index in [2.05, 4.69) is 11.8 Å². The molecule has 3 nitrogen and oxygen atoms in total. The fourth-order valence-electron chi connectivity index (χ4n) is 4.14. The topological polar surface area (TPSA) is 40.5 Å². The van der Waals surface area contributed by atoms with Gasteiger partial charge in [0.15, 0.2) is 0 Å². The molecule has 0 aromatic heterocycles. The van der Waals surface area contributed by atoms with E-state index < -0.39 is 5.97 Å². The molecule has 1 N–H and O–H groups in total. The summed E-state index contributed by atoms with van der Waals surface area (Å²) < 4.78 is 0. The quantitative estimate of drug-likeness (QED) is 0.921. The van der Waals surface area contributed by atoms with Crippen LogP contribution in [0.1, 0.15) is 60.5 Å². The number of carboxylic acids is 1. The first-order valence-corrected chi connectivity index (χ1v) is 8.28. The average molecular weight is 287 g/mol. The third-order valence-corrected chi connectivity index (χ3v) is 5.36. The van der Waals surface area contributed by atoms with Gasteiger partial charge in [0, 0.05) is 19.1 Å². The number of hydrogen-bond donors (Lipinski definition) is 1. The van der Waals surface area contributed by atoms with Gasteiger partial charge in [0.25, 0.3) is 0 Å². The highest BCUT2D eigenvalue weighted by Gasteiger charge is 2.31. The van der Waals surface area contributed by atoms with Gasteiger partial charge in [-0.1, -0.05) is 32.3 Å². The molecule has 0 saturated heterocycles. The molecule has 0 spiro atoms. The molecule has 1 saturated carbocycles. The number of carboxylic acid groups (broad SMARTS) is 1. The van der Waals surface area contributed by atoms with Crippen LogP contribution in [0.5, 0.6) is 0 Å². The first-order valence-electron chi connectivity index (χ1n) is 8.28. The normalized spacial score (nSPS) is 26.3. The number of carbonyl (C=O) groups is 1. The molecule has 1 aliphatic heterocycles. The van der Waals surface area contributed by atoms with Crippen molar-refractivity contribution in [1.82, 2.24) is 4.90 Å². The van der Waals surface area contributed by atoms with Crippen molar-refractivity contribution >= 4 is 5.97 Å². The molecular weight excluding hydrogens is 262 g/mol. The number of benzene rings is 1. The monoisotopic (exact) mass is 287 g/mol. The Morgan fingerprint density at radius 2 is 2.10 bits per heavy atom. The molecule has 1 aromatic rings. The van der Waals surface area contributed by atoms with E-state index in [1.165, 1.54) is 43.2 Å². The average Bonchev–Trinajstić information content (AvgIpc) is 2.53. The second-order valence-electron chi connectivity index (χ2n) is 6.53. The predicted octanol–water partition coefficient (Wildman–Crippen LogP) is 3.71. The minimum atomic E-state index is -0.820. The van der Waals surface area contributed by atoms with Crippen molar-refractivity contribution in [3.05, 3.63) is 34.9 Å². The molecule has 2 aliphatic rings. The van der Waals surface area contributed by atoms with Crippen LogP contribution in [0.3, 0.4) is 0 Å². The Bertz CT molecular complexity index is 526. The molecule has 2 atom stereocenters. The van der Waals surface area contributed by atoms with E-state index >= 15 is 0 Å². The first kappa shape index (κ1) is 14.6. The summed E-state index contributed by atoms with van der Waals surface area (Å²) in [4.78, 5) is 13.8. The van der Waals surface area contributed by atoms with Gasteiger partial charge in [-0.15, -0.1) is 0 Å². The molecule has 0 amide bonds. The standard InChI is InChI=1S/C18H25NO2/c1-2-13-5-3-4-6-17(13)19-10-9-14-7-8-15(18(20)21)11-16(14)12-19/h7-8,11,13,17H,2-6,9-10,12H2,1H3,(H,20,21). The fraction of sp³-hybridized carbons (Fsp3) is 0.611. The number of rotatable bonds is 3. The largest absolute Gasteiger partial charge is 0.478 e. The minimum absolute atomic E-state index is 0.422. The van der Waals surface area contributed by atoms with Crippen LogP contribution in [0.2, 0.25) is 0 Å². The highest BCUT2D eigenvalue weighted by Crippen LogP contribution is 2.33. The molecule has 114 valence electrons. The van der Waals surface area contributed by atoms with Crippen molar-refractivity contribution in [3.63, 3.8) is 0 Å². The van der Waals surface area contributed by atoms with Gasteiger partial charge >= 0.3 is 5.97 Å². The fourth-order valence-corrected chi connectivity index (χ4v) is 4.14. The lowest BCUT2D eigenvalue weighted by Gasteiger charge is -2.42.